The molecule has 0 aliphatic carbocycles. The van der Waals surface area contributed by atoms with E-state index in [0.29, 0.717) is 18.9 Å². The molecule has 8 nitrogen and oxygen atoms in total. The Labute approximate surface area is 182 Å². The van der Waals surface area contributed by atoms with E-state index in [1.165, 1.54) is 18.3 Å². The number of hydrogen-bond donors (Lipinski definition) is 2. The minimum absolute atomic E-state index is 0.184. The van der Waals surface area contributed by atoms with Gasteiger partial charge in [0.05, 0.1) is 24.6 Å². The standard InChI is InChI=1S/C20H22N6O2S2/c1-4-28-16-7-5-15(6-8-16)25-26-19(14(3)27)13(2)24-22-11-18-23-17(12-30-18)20-21-9-10-29-20/h5-10,12,22,25H,4,11H2,1-3H3/b24-13-,26-19+. The third-order valence-electron chi connectivity index (χ3n) is 3.82. The number of hydrogen-bond acceptors (Lipinski definition) is 10. The van der Waals surface area contributed by atoms with Crippen molar-refractivity contribution in [3.8, 4) is 16.5 Å². The van der Waals surface area contributed by atoms with Crippen LogP contribution in [0, 0.1) is 0 Å². The van der Waals surface area contributed by atoms with Gasteiger partial charge in [-0.2, -0.15) is 10.2 Å². The lowest BCUT2D eigenvalue weighted by atomic mass is 10.2. The summed E-state index contributed by atoms with van der Waals surface area (Å²) >= 11 is 3.08. The number of nitrogens with one attached hydrogen (secondary N) is 2. The fraction of sp³-hybridized carbons (Fsp3) is 0.250. The first-order valence-electron chi connectivity index (χ1n) is 9.26. The van der Waals surface area contributed by atoms with Gasteiger partial charge in [0.1, 0.15) is 27.2 Å². The van der Waals surface area contributed by atoms with Crippen molar-refractivity contribution in [3.63, 3.8) is 0 Å². The van der Waals surface area contributed by atoms with Crippen LogP contribution in [0.3, 0.4) is 0 Å². The van der Waals surface area contributed by atoms with Crippen molar-refractivity contribution in [1.29, 1.82) is 0 Å². The minimum atomic E-state index is -0.184. The lowest BCUT2D eigenvalue weighted by molar-refractivity contribution is -0.110. The van der Waals surface area contributed by atoms with Crippen LogP contribution in [0.25, 0.3) is 10.7 Å². The second kappa shape index (κ2) is 10.6. The van der Waals surface area contributed by atoms with Gasteiger partial charge in [-0.25, -0.2) is 9.97 Å². The Morgan fingerprint density at radius 2 is 1.97 bits per heavy atom. The van der Waals surface area contributed by atoms with Crippen molar-refractivity contribution in [2.45, 2.75) is 27.3 Å². The molecule has 0 spiro atoms. The van der Waals surface area contributed by atoms with Crippen LogP contribution < -0.4 is 15.6 Å². The quantitative estimate of drug-likeness (QED) is 0.361. The van der Waals surface area contributed by atoms with Crippen molar-refractivity contribution >= 4 is 45.6 Å². The first-order chi connectivity index (χ1) is 14.6. The Morgan fingerprint density at radius 1 is 1.17 bits per heavy atom. The summed E-state index contributed by atoms with van der Waals surface area (Å²) in [5, 5.41) is 14.2. The zero-order valence-electron chi connectivity index (χ0n) is 16.9. The number of benzene rings is 1. The van der Waals surface area contributed by atoms with Crippen LogP contribution in [-0.4, -0.2) is 33.8 Å². The molecule has 0 amide bonds. The Bertz CT molecular complexity index is 1030. The van der Waals surface area contributed by atoms with Crippen LogP contribution >= 0.6 is 22.7 Å². The molecule has 0 saturated heterocycles. The number of carbonyl (C=O) groups excluding carboxylic acids is 1. The number of hydrazone groups is 2. The number of carbonyl (C=O) groups is 1. The highest BCUT2D eigenvalue weighted by molar-refractivity contribution is 7.14. The van der Waals surface area contributed by atoms with E-state index in [2.05, 4.69) is 31.0 Å². The van der Waals surface area contributed by atoms with E-state index in [1.54, 1.807) is 24.5 Å². The molecule has 30 heavy (non-hydrogen) atoms. The lowest BCUT2D eigenvalue weighted by Crippen LogP contribution is -2.23. The third-order valence-corrected chi connectivity index (χ3v) is 5.46. The monoisotopic (exact) mass is 442 g/mol. The number of rotatable bonds is 10. The first kappa shape index (κ1) is 21.6. The molecule has 1 aromatic carbocycles. The van der Waals surface area contributed by atoms with Crippen molar-refractivity contribution < 1.29 is 9.53 Å². The maximum atomic E-state index is 12.0. The van der Waals surface area contributed by atoms with E-state index in [-0.39, 0.29) is 11.5 Å². The van der Waals surface area contributed by atoms with Gasteiger partial charge in [0.15, 0.2) is 5.78 Å². The van der Waals surface area contributed by atoms with Crippen molar-refractivity contribution in [2.24, 2.45) is 10.2 Å². The van der Waals surface area contributed by atoms with E-state index < -0.39 is 0 Å². The highest BCUT2D eigenvalue weighted by Crippen LogP contribution is 2.23. The van der Waals surface area contributed by atoms with Crippen molar-refractivity contribution in [1.82, 2.24) is 15.4 Å². The molecule has 0 bridgehead atoms. The molecule has 3 rings (SSSR count). The average molecular weight is 443 g/mol. The van der Waals surface area contributed by atoms with Crippen LogP contribution in [0.5, 0.6) is 5.75 Å². The number of ether oxygens (including phenoxy) is 1. The summed E-state index contributed by atoms with van der Waals surface area (Å²) in [7, 11) is 0. The van der Waals surface area contributed by atoms with Gasteiger partial charge < -0.3 is 10.2 Å². The average Bonchev–Trinajstić information content (AvgIpc) is 3.41. The van der Waals surface area contributed by atoms with Crippen molar-refractivity contribution in [3.05, 3.63) is 46.2 Å². The number of thiazole rings is 2. The SMILES string of the molecule is CCOc1ccc(N/N=C(C(C)=O)\C(C)=N/NCc2nc(-c3nccs3)cs2)cc1. The molecule has 10 heteroatoms. The predicted octanol–water partition coefficient (Wildman–Crippen LogP) is 4.19. The fourth-order valence-corrected chi connectivity index (χ4v) is 3.83. The molecule has 156 valence electrons. The molecule has 2 heterocycles. The largest absolute Gasteiger partial charge is 0.494 e. The molecular weight excluding hydrogens is 420 g/mol. The summed E-state index contributed by atoms with van der Waals surface area (Å²) in [6.07, 6.45) is 1.76. The third kappa shape index (κ3) is 5.94. The van der Waals surface area contributed by atoms with Gasteiger partial charge in [0.2, 0.25) is 0 Å². The molecule has 0 aliphatic rings. The molecule has 0 saturated carbocycles. The number of nitrogens with zero attached hydrogens (tertiary/aromatic N) is 4. The Hall–Kier alpha value is -3.11. The van der Waals surface area contributed by atoms with Gasteiger partial charge in [-0.05, 0) is 38.1 Å². The fourth-order valence-electron chi connectivity index (χ4n) is 2.45. The second-order valence-corrected chi connectivity index (χ2v) is 7.92. The normalized spacial score (nSPS) is 12.0. The van der Waals surface area contributed by atoms with Crippen LogP contribution in [-0.2, 0) is 11.3 Å². The minimum Gasteiger partial charge on any atom is -0.494 e. The van der Waals surface area contributed by atoms with E-state index in [0.717, 1.165) is 27.1 Å². The number of aromatic nitrogens is 2. The Kier molecular flexibility index (Phi) is 7.63. The highest BCUT2D eigenvalue weighted by atomic mass is 32.1. The van der Waals surface area contributed by atoms with Gasteiger partial charge in [0.25, 0.3) is 0 Å². The van der Waals surface area contributed by atoms with Crippen LogP contribution in [0.1, 0.15) is 25.8 Å². The summed E-state index contributed by atoms with van der Waals surface area (Å²) in [6.45, 7) is 6.18. The molecule has 0 atom stereocenters. The lowest BCUT2D eigenvalue weighted by Gasteiger charge is -2.07. The summed E-state index contributed by atoms with van der Waals surface area (Å²) in [6, 6.07) is 7.34. The molecule has 2 aromatic heterocycles. The zero-order chi connectivity index (χ0) is 21.3. The molecular formula is C20H22N6O2S2. The summed E-state index contributed by atoms with van der Waals surface area (Å²) in [5.74, 6) is 0.595. The molecule has 0 radical (unpaired) electrons. The van der Waals surface area contributed by atoms with Crippen LogP contribution in [0.15, 0.2) is 51.4 Å². The molecule has 0 unspecified atom stereocenters. The topological polar surface area (TPSA) is 101 Å². The van der Waals surface area contributed by atoms with Gasteiger partial charge in [-0.15, -0.1) is 22.7 Å². The summed E-state index contributed by atoms with van der Waals surface area (Å²) < 4.78 is 5.41. The summed E-state index contributed by atoms with van der Waals surface area (Å²) in [4.78, 5) is 20.8. The number of Topliss-reactive ketones (excluding diaryl/α,β-unsaturated/α-hetero) is 1. The van der Waals surface area contributed by atoms with Gasteiger partial charge in [-0.1, -0.05) is 0 Å². The molecule has 3 aromatic rings. The predicted molar refractivity (Wildman–Crippen MR) is 123 cm³/mol. The first-order valence-corrected chi connectivity index (χ1v) is 11.0. The molecule has 0 fully saturated rings. The number of anilines is 1. The zero-order valence-corrected chi connectivity index (χ0v) is 18.5. The van der Waals surface area contributed by atoms with E-state index in [1.807, 2.05) is 41.9 Å². The highest BCUT2D eigenvalue weighted by Gasteiger charge is 2.11. The smallest absolute Gasteiger partial charge is 0.181 e. The molecule has 2 N–H and O–H groups in total. The number of ketones is 1. The molecule has 0 aliphatic heterocycles. The van der Waals surface area contributed by atoms with Crippen LogP contribution in [0.2, 0.25) is 0 Å². The maximum Gasteiger partial charge on any atom is 0.181 e. The van der Waals surface area contributed by atoms with Gasteiger partial charge >= 0.3 is 0 Å². The maximum absolute atomic E-state index is 12.0. The van der Waals surface area contributed by atoms with Gasteiger partial charge in [-0.3, -0.25) is 10.2 Å². The second-order valence-electron chi connectivity index (χ2n) is 6.08. The van der Waals surface area contributed by atoms with E-state index in [9.17, 15) is 4.79 Å². The Morgan fingerprint density at radius 3 is 2.63 bits per heavy atom. The Balaban J connectivity index is 1.60. The van der Waals surface area contributed by atoms with Crippen LogP contribution in [0.4, 0.5) is 5.69 Å². The summed E-state index contributed by atoms with van der Waals surface area (Å²) in [5.41, 5.74) is 8.18. The van der Waals surface area contributed by atoms with E-state index in [4.69, 9.17) is 4.74 Å². The van der Waals surface area contributed by atoms with E-state index >= 15 is 0 Å². The van der Waals surface area contributed by atoms with Crippen molar-refractivity contribution in [2.75, 3.05) is 12.0 Å². The van der Waals surface area contributed by atoms with Gasteiger partial charge in [0, 0.05) is 23.9 Å².